The van der Waals surface area contributed by atoms with Crippen LogP contribution in [0.2, 0.25) is 0 Å². The van der Waals surface area contributed by atoms with Gasteiger partial charge in [-0.1, -0.05) is 63.3 Å². The fourth-order valence-electron chi connectivity index (χ4n) is 2.74. The van der Waals surface area contributed by atoms with Crippen LogP contribution in [0.5, 0.6) is 0 Å². The smallest absolute Gasteiger partial charge is 0.0640 e. The van der Waals surface area contributed by atoms with Crippen LogP contribution in [0.3, 0.4) is 0 Å². The molecule has 0 aromatic heterocycles. The molecule has 1 aromatic carbocycles. The highest BCUT2D eigenvalue weighted by Crippen LogP contribution is 2.25. The highest BCUT2D eigenvalue weighted by Gasteiger charge is 2.13. The molecule has 0 amide bonds. The maximum Gasteiger partial charge on any atom is 0.0640 e. The van der Waals surface area contributed by atoms with Gasteiger partial charge in [0.15, 0.2) is 0 Å². The lowest BCUT2D eigenvalue weighted by Gasteiger charge is -2.18. The van der Waals surface area contributed by atoms with Crippen LogP contribution in [-0.4, -0.2) is 12.8 Å². The quantitative estimate of drug-likeness (QED) is 0.629. The van der Waals surface area contributed by atoms with Gasteiger partial charge in [0.2, 0.25) is 0 Å². The normalized spacial score (nSPS) is 17.2. The van der Waals surface area contributed by atoms with Crippen molar-refractivity contribution in [2.45, 2.75) is 47.0 Å². The molecule has 0 bridgehead atoms. The Bertz CT molecular complexity index is 569. The van der Waals surface area contributed by atoms with Crippen LogP contribution < -0.4 is 0 Å². The minimum atomic E-state index is 0.689. The summed E-state index contributed by atoms with van der Waals surface area (Å²) in [5, 5.41) is 0. The molecule has 1 aromatic rings. The third-order valence-electron chi connectivity index (χ3n) is 4.31. The Balaban J connectivity index is 0.000000277. The van der Waals surface area contributed by atoms with Gasteiger partial charge in [-0.15, -0.1) is 0 Å². The standard InChI is InChI=1S/C14H21N.C8H10/c1-5-11(6-2)13-8-9-14(15-4)12(7-3)10-13;1-2-8-6-4-3-5-7-8/h7-11H,5-6H2,1-4H3;3-7H,2H2,1H3/b12-7-,15-14?;. The first-order valence-electron chi connectivity index (χ1n) is 8.77. The van der Waals surface area contributed by atoms with Crippen molar-refractivity contribution in [1.29, 1.82) is 0 Å². The molecule has 0 radical (unpaired) electrons. The lowest BCUT2D eigenvalue weighted by Crippen LogP contribution is -2.08. The van der Waals surface area contributed by atoms with Crippen LogP contribution in [-0.2, 0) is 6.42 Å². The summed E-state index contributed by atoms with van der Waals surface area (Å²) < 4.78 is 0. The number of allylic oxidation sites excluding steroid dienone is 6. The first kappa shape index (κ1) is 19.2. The average Bonchev–Trinajstić information content (AvgIpc) is 2.63. The van der Waals surface area contributed by atoms with E-state index in [0.717, 1.165) is 12.1 Å². The van der Waals surface area contributed by atoms with Gasteiger partial charge in [0, 0.05) is 7.05 Å². The number of hydrogen-bond acceptors (Lipinski definition) is 1. The van der Waals surface area contributed by atoms with E-state index in [-0.39, 0.29) is 0 Å². The number of benzene rings is 1. The summed E-state index contributed by atoms with van der Waals surface area (Å²) in [7, 11) is 1.85. The Morgan fingerprint density at radius 1 is 1.00 bits per heavy atom. The van der Waals surface area contributed by atoms with E-state index >= 15 is 0 Å². The second kappa shape index (κ2) is 10.8. The topological polar surface area (TPSA) is 12.4 Å². The number of rotatable bonds is 4. The van der Waals surface area contributed by atoms with Crippen molar-refractivity contribution >= 4 is 5.71 Å². The van der Waals surface area contributed by atoms with Crippen molar-refractivity contribution in [3.8, 4) is 0 Å². The minimum Gasteiger partial charge on any atom is -0.288 e. The molecule has 1 aliphatic rings. The van der Waals surface area contributed by atoms with Crippen molar-refractivity contribution in [3.05, 3.63) is 71.3 Å². The molecule has 0 aliphatic heterocycles. The van der Waals surface area contributed by atoms with E-state index in [1.165, 1.54) is 29.6 Å². The van der Waals surface area contributed by atoms with E-state index in [0.29, 0.717) is 5.92 Å². The number of aliphatic imine (C=N–C) groups is 1. The molecule has 0 atom stereocenters. The molecule has 23 heavy (non-hydrogen) atoms. The Labute approximate surface area is 142 Å². The molecule has 1 nitrogen and oxygen atoms in total. The van der Waals surface area contributed by atoms with Crippen molar-refractivity contribution in [1.82, 2.24) is 0 Å². The Morgan fingerprint density at radius 2 is 1.65 bits per heavy atom. The number of hydrogen-bond donors (Lipinski definition) is 0. The average molecular weight is 309 g/mol. The summed E-state index contributed by atoms with van der Waals surface area (Å²) in [6, 6.07) is 10.5. The maximum atomic E-state index is 4.26. The summed E-state index contributed by atoms with van der Waals surface area (Å²) >= 11 is 0. The van der Waals surface area contributed by atoms with Gasteiger partial charge in [-0.2, -0.15) is 0 Å². The SMILES string of the molecule is C/C=C1/C=C(C(CC)CC)C=CC1=NC.CCc1ccccc1. The molecular formula is C22H31N. The van der Waals surface area contributed by atoms with Crippen LogP contribution in [0, 0.1) is 5.92 Å². The van der Waals surface area contributed by atoms with E-state index in [1.54, 1.807) is 0 Å². The van der Waals surface area contributed by atoms with Gasteiger partial charge in [-0.05, 0) is 61.0 Å². The molecular weight excluding hydrogens is 278 g/mol. The summed E-state index contributed by atoms with van der Waals surface area (Å²) in [6.45, 7) is 8.74. The first-order valence-corrected chi connectivity index (χ1v) is 8.77. The van der Waals surface area contributed by atoms with Crippen LogP contribution in [0.25, 0.3) is 0 Å². The third kappa shape index (κ3) is 6.02. The molecule has 0 unspecified atom stereocenters. The summed E-state index contributed by atoms with van der Waals surface area (Å²) in [4.78, 5) is 4.26. The third-order valence-corrected chi connectivity index (χ3v) is 4.31. The number of aryl methyl sites for hydroxylation is 1. The second-order valence-corrected chi connectivity index (χ2v) is 5.68. The lowest BCUT2D eigenvalue weighted by molar-refractivity contribution is 0.583. The second-order valence-electron chi connectivity index (χ2n) is 5.68. The summed E-state index contributed by atoms with van der Waals surface area (Å²) in [5.74, 6) is 0.689. The van der Waals surface area contributed by atoms with Crippen LogP contribution in [0.15, 0.2) is 70.8 Å². The largest absolute Gasteiger partial charge is 0.288 e. The molecule has 0 saturated carbocycles. The Kier molecular flexibility index (Phi) is 8.97. The summed E-state index contributed by atoms with van der Waals surface area (Å²) in [6.07, 6.45) is 12.3. The molecule has 0 heterocycles. The van der Waals surface area contributed by atoms with Gasteiger partial charge in [-0.25, -0.2) is 0 Å². The lowest BCUT2D eigenvalue weighted by atomic mass is 9.88. The van der Waals surface area contributed by atoms with Gasteiger partial charge < -0.3 is 0 Å². The van der Waals surface area contributed by atoms with Crippen LogP contribution in [0.4, 0.5) is 0 Å². The molecule has 1 aliphatic carbocycles. The van der Waals surface area contributed by atoms with E-state index < -0.39 is 0 Å². The van der Waals surface area contributed by atoms with Crippen LogP contribution in [0.1, 0.15) is 46.1 Å². The molecule has 1 heteroatoms. The molecule has 0 spiro atoms. The maximum absolute atomic E-state index is 4.26. The molecule has 0 fully saturated rings. The first-order chi connectivity index (χ1) is 11.2. The monoisotopic (exact) mass is 309 g/mol. The van der Waals surface area contributed by atoms with Gasteiger partial charge in [0.05, 0.1) is 5.71 Å². The van der Waals surface area contributed by atoms with E-state index in [9.17, 15) is 0 Å². The van der Waals surface area contributed by atoms with Crippen LogP contribution >= 0.6 is 0 Å². The minimum absolute atomic E-state index is 0.689. The zero-order chi connectivity index (χ0) is 17.1. The predicted molar refractivity (Wildman–Crippen MR) is 104 cm³/mol. The zero-order valence-electron chi connectivity index (χ0n) is 15.3. The fourth-order valence-corrected chi connectivity index (χ4v) is 2.74. The van der Waals surface area contributed by atoms with Gasteiger partial charge in [-0.3, -0.25) is 4.99 Å². The zero-order valence-corrected chi connectivity index (χ0v) is 15.3. The Morgan fingerprint density at radius 3 is 2.09 bits per heavy atom. The predicted octanol–water partition coefficient (Wildman–Crippen LogP) is 6.18. The summed E-state index contributed by atoms with van der Waals surface area (Å²) in [5.41, 5.74) is 5.20. The molecule has 0 N–H and O–H groups in total. The van der Waals surface area contributed by atoms with Crippen molar-refractivity contribution in [3.63, 3.8) is 0 Å². The molecule has 2 rings (SSSR count). The molecule has 124 valence electrons. The van der Waals surface area contributed by atoms with Gasteiger partial charge in [0.25, 0.3) is 0 Å². The van der Waals surface area contributed by atoms with E-state index in [4.69, 9.17) is 0 Å². The molecule has 0 saturated heterocycles. The van der Waals surface area contributed by atoms with Gasteiger partial charge >= 0.3 is 0 Å². The number of nitrogens with zero attached hydrogens (tertiary/aromatic N) is 1. The van der Waals surface area contributed by atoms with Crippen molar-refractivity contribution < 1.29 is 0 Å². The van der Waals surface area contributed by atoms with Crippen molar-refractivity contribution in [2.75, 3.05) is 7.05 Å². The van der Waals surface area contributed by atoms with Crippen molar-refractivity contribution in [2.24, 2.45) is 10.9 Å². The van der Waals surface area contributed by atoms with E-state index in [1.807, 2.05) is 13.1 Å². The Hall–Kier alpha value is -1.89. The van der Waals surface area contributed by atoms with E-state index in [2.05, 4.69) is 81.3 Å². The highest BCUT2D eigenvalue weighted by molar-refractivity contribution is 6.11. The highest BCUT2D eigenvalue weighted by atomic mass is 14.7. The van der Waals surface area contributed by atoms with Gasteiger partial charge in [0.1, 0.15) is 0 Å². The fraction of sp³-hybridized carbons (Fsp3) is 0.409.